The van der Waals surface area contributed by atoms with Crippen LogP contribution in [0.4, 0.5) is 0 Å². The van der Waals surface area contributed by atoms with Crippen molar-refractivity contribution in [2.45, 2.75) is 44.9 Å². The van der Waals surface area contributed by atoms with E-state index in [9.17, 15) is 4.79 Å². The highest BCUT2D eigenvalue weighted by Gasteiger charge is 2.42. The third-order valence-electron chi connectivity index (χ3n) is 5.73. The third kappa shape index (κ3) is 4.15. The fraction of sp³-hybridized carbons (Fsp3) is 0.524. The molecule has 1 aliphatic heterocycles. The van der Waals surface area contributed by atoms with Crippen LogP contribution in [0.5, 0.6) is 0 Å². The minimum Gasteiger partial charge on any atom is -0.374 e. The van der Waals surface area contributed by atoms with Crippen LogP contribution in [0.1, 0.15) is 31.2 Å². The fourth-order valence-electron chi connectivity index (χ4n) is 4.36. The molecular weight excluding hydrogens is 326 g/mol. The molecule has 5 heteroatoms. The van der Waals surface area contributed by atoms with Gasteiger partial charge in [0.25, 0.3) is 0 Å². The first-order chi connectivity index (χ1) is 12.8. The lowest BCUT2D eigenvalue weighted by Crippen LogP contribution is -2.30. The summed E-state index contributed by atoms with van der Waals surface area (Å²) in [5.41, 5.74) is 1.23. The number of amides is 1. The first-order valence-corrected chi connectivity index (χ1v) is 9.68. The molecule has 1 aromatic heterocycles. The largest absolute Gasteiger partial charge is 0.374 e. The Morgan fingerprint density at radius 3 is 2.58 bits per heavy atom. The summed E-state index contributed by atoms with van der Waals surface area (Å²) in [6.45, 7) is 3.34. The number of fused-ring (bicyclic) bond motifs is 1. The van der Waals surface area contributed by atoms with Crippen LogP contribution in [0.25, 0.3) is 0 Å². The molecule has 4 rings (SSSR count). The minimum atomic E-state index is 0.299. The van der Waals surface area contributed by atoms with E-state index in [-0.39, 0.29) is 0 Å². The number of hydrogen-bond acceptors (Lipinski definition) is 3. The Hall–Kier alpha value is -2.14. The Balaban J connectivity index is 1.18. The van der Waals surface area contributed by atoms with Crippen molar-refractivity contribution in [1.82, 2.24) is 14.7 Å². The van der Waals surface area contributed by atoms with E-state index in [0.717, 1.165) is 38.9 Å². The van der Waals surface area contributed by atoms with Gasteiger partial charge in [-0.15, -0.1) is 0 Å². The lowest BCUT2D eigenvalue weighted by molar-refractivity contribution is -0.130. The van der Waals surface area contributed by atoms with Gasteiger partial charge in [0.2, 0.25) is 5.91 Å². The van der Waals surface area contributed by atoms with Crippen molar-refractivity contribution in [3.8, 4) is 0 Å². The quantitative estimate of drug-likeness (QED) is 0.768. The van der Waals surface area contributed by atoms with Crippen LogP contribution in [0.3, 0.4) is 0 Å². The molecule has 1 saturated heterocycles. The van der Waals surface area contributed by atoms with Crippen LogP contribution >= 0.6 is 0 Å². The minimum absolute atomic E-state index is 0.299. The summed E-state index contributed by atoms with van der Waals surface area (Å²) in [6, 6.07) is 12.3. The van der Waals surface area contributed by atoms with Gasteiger partial charge in [-0.25, -0.2) is 0 Å². The van der Waals surface area contributed by atoms with Crippen LogP contribution in [-0.4, -0.2) is 39.8 Å². The van der Waals surface area contributed by atoms with Crippen LogP contribution in [0.15, 0.2) is 48.8 Å². The zero-order chi connectivity index (χ0) is 17.8. The first kappa shape index (κ1) is 17.3. The van der Waals surface area contributed by atoms with Gasteiger partial charge in [0.15, 0.2) is 0 Å². The summed E-state index contributed by atoms with van der Waals surface area (Å²) >= 11 is 0. The lowest BCUT2D eigenvalue weighted by Gasteiger charge is -2.19. The molecule has 2 fully saturated rings. The normalized spacial score (nSPS) is 24.8. The summed E-state index contributed by atoms with van der Waals surface area (Å²) in [5.74, 6) is 1.53. The smallest absolute Gasteiger partial charge is 0.222 e. The van der Waals surface area contributed by atoms with E-state index in [1.54, 1.807) is 6.20 Å². The maximum atomic E-state index is 12.5. The van der Waals surface area contributed by atoms with Crippen molar-refractivity contribution in [1.29, 1.82) is 0 Å². The van der Waals surface area contributed by atoms with E-state index in [4.69, 9.17) is 4.74 Å². The molecule has 1 aliphatic carbocycles. The second kappa shape index (κ2) is 8.04. The molecular formula is C21H27N3O2. The number of carbonyl (C=O) groups is 1. The zero-order valence-corrected chi connectivity index (χ0v) is 15.2. The molecule has 138 valence electrons. The molecule has 1 unspecified atom stereocenters. The van der Waals surface area contributed by atoms with Crippen LogP contribution in [0, 0.1) is 11.8 Å². The molecule has 2 aromatic rings. The summed E-state index contributed by atoms with van der Waals surface area (Å²) in [6.07, 6.45) is 7.73. The summed E-state index contributed by atoms with van der Waals surface area (Å²) in [4.78, 5) is 14.5. The van der Waals surface area contributed by atoms with Crippen molar-refractivity contribution in [2.75, 3.05) is 13.1 Å². The molecule has 5 nitrogen and oxygen atoms in total. The lowest BCUT2D eigenvalue weighted by atomic mass is 10.0. The number of nitrogens with zero attached hydrogens (tertiary/aromatic N) is 3. The van der Waals surface area contributed by atoms with Gasteiger partial charge in [-0.3, -0.25) is 9.48 Å². The SMILES string of the molecule is O=C(CCCn1cccn1)N1C[C@H]2CC(OCc3ccccc3)C[C@H]2C1. The molecule has 0 radical (unpaired) electrons. The second-order valence-electron chi connectivity index (χ2n) is 7.58. The summed E-state index contributed by atoms with van der Waals surface area (Å²) in [5, 5.41) is 4.18. The molecule has 2 heterocycles. The van der Waals surface area contributed by atoms with Gasteiger partial charge < -0.3 is 9.64 Å². The number of ether oxygens (including phenoxy) is 1. The molecule has 1 amide bonds. The number of aromatic nitrogens is 2. The Morgan fingerprint density at radius 1 is 1.12 bits per heavy atom. The molecule has 3 atom stereocenters. The molecule has 0 bridgehead atoms. The Morgan fingerprint density at radius 2 is 1.88 bits per heavy atom. The van der Waals surface area contributed by atoms with Gasteiger partial charge in [-0.2, -0.15) is 5.10 Å². The van der Waals surface area contributed by atoms with Gasteiger partial charge in [0, 0.05) is 38.4 Å². The number of likely N-dealkylation sites (tertiary alicyclic amines) is 1. The van der Waals surface area contributed by atoms with Gasteiger partial charge in [0.1, 0.15) is 0 Å². The van der Waals surface area contributed by atoms with Crippen molar-refractivity contribution < 1.29 is 9.53 Å². The number of aryl methyl sites for hydroxylation is 1. The van der Waals surface area contributed by atoms with Crippen LogP contribution in [-0.2, 0) is 22.7 Å². The molecule has 1 saturated carbocycles. The van der Waals surface area contributed by atoms with E-state index in [1.165, 1.54) is 5.56 Å². The molecule has 0 spiro atoms. The third-order valence-corrected chi connectivity index (χ3v) is 5.73. The van der Waals surface area contributed by atoms with Crippen molar-refractivity contribution in [3.05, 3.63) is 54.4 Å². The predicted molar refractivity (Wildman–Crippen MR) is 99.3 cm³/mol. The molecule has 2 aliphatic rings. The monoisotopic (exact) mass is 353 g/mol. The topological polar surface area (TPSA) is 47.4 Å². The highest BCUT2D eigenvalue weighted by Crippen LogP contribution is 2.39. The summed E-state index contributed by atoms with van der Waals surface area (Å²) in [7, 11) is 0. The van der Waals surface area contributed by atoms with Crippen LogP contribution in [0.2, 0.25) is 0 Å². The summed E-state index contributed by atoms with van der Waals surface area (Å²) < 4.78 is 8.00. The Kier molecular flexibility index (Phi) is 5.34. The molecule has 26 heavy (non-hydrogen) atoms. The second-order valence-corrected chi connectivity index (χ2v) is 7.58. The number of hydrogen-bond donors (Lipinski definition) is 0. The molecule has 1 aromatic carbocycles. The Bertz CT molecular complexity index is 687. The van der Waals surface area contributed by atoms with Gasteiger partial charge >= 0.3 is 0 Å². The van der Waals surface area contributed by atoms with E-state index < -0.39 is 0 Å². The van der Waals surface area contributed by atoms with Gasteiger partial charge in [0.05, 0.1) is 12.7 Å². The average molecular weight is 353 g/mol. The van der Waals surface area contributed by atoms with E-state index in [2.05, 4.69) is 34.3 Å². The predicted octanol–water partition coefficient (Wildman–Crippen LogP) is 3.12. The maximum Gasteiger partial charge on any atom is 0.222 e. The van der Waals surface area contributed by atoms with E-state index >= 15 is 0 Å². The van der Waals surface area contributed by atoms with Crippen LogP contribution < -0.4 is 0 Å². The van der Waals surface area contributed by atoms with E-state index in [1.807, 2.05) is 23.0 Å². The highest BCUT2D eigenvalue weighted by atomic mass is 16.5. The Labute approximate surface area is 154 Å². The number of carbonyl (C=O) groups excluding carboxylic acids is 1. The highest BCUT2D eigenvalue weighted by molar-refractivity contribution is 5.76. The van der Waals surface area contributed by atoms with Gasteiger partial charge in [-0.1, -0.05) is 30.3 Å². The number of rotatable bonds is 7. The standard InChI is InChI=1S/C21H27N3O2/c25-21(8-4-10-24-11-5-9-22-24)23-14-18-12-20(13-19(18)15-23)26-16-17-6-2-1-3-7-17/h1-3,5-7,9,11,18-20H,4,8,10,12-16H2/t18-,19+,20?. The van der Waals surface area contributed by atoms with E-state index in [0.29, 0.717) is 36.9 Å². The average Bonchev–Trinajstić information content (AvgIpc) is 3.37. The fourth-order valence-corrected chi connectivity index (χ4v) is 4.36. The maximum absolute atomic E-state index is 12.5. The van der Waals surface area contributed by atoms with Crippen molar-refractivity contribution >= 4 is 5.91 Å². The first-order valence-electron chi connectivity index (χ1n) is 9.68. The number of benzene rings is 1. The van der Waals surface area contributed by atoms with Gasteiger partial charge in [-0.05, 0) is 42.7 Å². The zero-order valence-electron chi connectivity index (χ0n) is 15.2. The van der Waals surface area contributed by atoms with Crippen molar-refractivity contribution in [3.63, 3.8) is 0 Å². The molecule has 0 N–H and O–H groups in total. The van der Waals surface area contributed by atoms with Crippen molar-refractivity contribution in [2.24, 2.45) is 11.8 Å².